The Hall–Kier alpha value is -3.60. The SMILES string of the molecule is CC1CC(c2ccc(F)c(-n3cnc4c(C(F)(F)F)cc(CNCC5CC5)cc4c3=O)c2)(c2nncn2C)C1. The molecule has 6 rings (SSSR count). The third-order valence-corrected chi connectivity index (χ3v) is 7.98. The summed E-state index contributed by atoms with van der Waals surface area (Å²) in [5.74, 6) is 1.01. The molecule has 7 nitrogen and oxygen atoms in total. The molecular weight excluding hydrogens is 512 g/mol. The predicted octanol–water partition coefficient (Wildman–Crippen LogP) is 4.89. The lowest BCUT2D eigenvalue weighted by Crippen LogP contribution is -2.43. The van der Waals surface area contributed by atoms with Gasteiger partial charge >= 0.3 is 6.18 Å². The van der Waals surface area contributed by atoms with Crippen molar-refractivity contribution >= 4 is 10.9 Å². The maximum atomic E-state index is 15.2. The summed E-state index contributed by atoms with van der Waals surface area (Å²) in [4.78, 5) is 17.6. The Bertz CT molecular complexity index is 1610. The summed E-state index contributed by atoms with van der Waals surface area (Å²) >= 11 is 0. The molecule has 204 valence electrons. The van der Waals surface area contributed by atoms with E-state index in [-0.39, 0.29) is 17.6 Å². The second-order valence-corrected chi connectivity index (χ2v) is 11.1. The van der Waals surface area contributed by atoms with Crippen LogP contribution >= 0.6 is 0 Å². The molecule has 0 unspecified atom stereocenters. The van der Waals surface area contributed by atoms with Gasteiger partial charge in [-0.05, 0) is 79.5 Å². The maximum absolute atomic E-state index is 15.2. The average Bonchev–Trinajstić information content (AvgIpc) is 3.60. The van der Waals surface area contributed by atoms with Crippen LogP contribution < -0.4 is 10.9 Å². The van der Waals surface area contributed by atoms with E-state index in [9.17, 15) is 18.0 Å². The standard InChI is InChI=1S/C28H28F4N6O/c1-16-10-27(11-16,26-36-35-15-37(26)2)19-5-6-22(29)23(9-19)38-14-34-24-20(25(38)39)7-18(8-21(24)28(30,31)32)13-33-12-17-3-4-17/h5-9,14-17,33H,3-4,10-13H2,1-2H3. The van der Waals surface area contributed by atoms with Crippen molar-refractivity contribution in [2.24, 2.45) is 18.9 Å². The average molecular weight is 541 g/mol. The van der Waals surface area contributed by atoms with Crippen molar-refractivity contribution in [3.63, 3.8) is 0 Å². The van der Waals surface area contributed by atoms with E-state index in [1.807, 2.05) is 11.6 Å². The molecule has 2 saturated carbocycles. The summed E-state index contributed by atoms with van der Waals surface area (Å²) in [7, 11) is 1.84. The highest BCUT2D eigenvalue weighted by molar-refractivity contribution is 5.82. The fraction of sp³-hybridized carbons (Fsp3) is 0.429. The Morgan fingerprint density at radius 2 is 1.90 bits per heavy atom. The summed E-state index contributed by atoms with van der Waals surface area (Å²) in [6.07, 6.45) is 1.63. The smallest absolute Gasteiger partial charge is 0.320 e. The summed E-state index contributed by atoms with van der Waals surface area (Å²) in [6, 6.07) is 6.98. The van der Waals surface area contributed by atoms with Crippen molar-refractivity contribution < 1.29 is 17.6 Å². The molecule has 0 bridgehead atoms. The van der Waals surface area contributed by atoms with Crippen molar-refractivity contribution in [3.05, 3.63) is 81.7 Å². The quantitative estimate of drug-likeness (QED) is 0.338. The molecule has 2 heterocycles. The largest absolute Gasteiger partial charge is 0.418 e. The number of hydrogen-bond acceptors (Lipinski definition) is 5. The van der Waals surface area contributed by atoms with Gasteiger partial charge in [0.15, 0.2) is 0 Å². The van der Waals surface area contributed by atoms with Crippen LogP contribution in [0.15, 0.2) is 47.8 Å². The molecule has 0 radical (unpaired) electrons. The normalized spacial score (nSPS) is 21.3. The fourth-order valence-electron chi connectivity index (χ4n) is 5.92. The number of aromatic nitrogens is 5. The summed E-state index contributed by atoms with van der Waals surface area (Å²) in [5, 5.41) is 11.3. The van der Waals surface area contributed by atoms with Gasteiger partial charge in [-0.25, -0.2) is 9.37 Å². The van der Waals surface area contributed by atoms with E-state index in [0.29, 0.717) is 23.9 Å². The molecule has 2 fully saturated rings. The highest BCUT2D eigenvalue weighted by Crippen LogP contribution is 2.51. The van der Waals surface area contributed by atoms with E-state index in [4.69, 9.17) is 0 Å². The van der Waals surface area contributed by atoms with Gasteiger partial charge in [-0.3, -0.25) is 9.36 Å². The number of nitrogens with zero attached hydrogens (tertiary/aromatic N) is 5. The zero-order chi connectivity index (χ0) is 27.5. The van der Waals surface area contributed by atoms with E-state index in [1.54, 1.807) is 18.5 Å². The first kappa shape index (κ1) is 25.7. The van der Waals surface area contributed by atoms with Gasteiger partial charge in [0, 0.05) is 13.6 Å². The van der Waals surface area contributed by atoms with Crippen molar-refractivity contribution in [2.45, 2.75) is 50.7 Å². The van der Waals surface area contributed by atoms with Gasteiger partial charge in [0.1, 0.15) is 24.3 Å². The van der Waals surface area contributed by atoms with E-state index in [0.717, 1.165) is 54.0 Å². The molecule has 2 aliphatic rings. The molecule has 2 aliphatic carbocycles. The van der Waals surface area contributed by atoms with Gasteiger partial charge in [-0.2, -0.15) is 13.2 Å². The first-order valence-electron chi connectivity index (χ1n) is 13.0. The minimum atomic E-state index is -4.70. The molecule has 39 heavy (non-hydrogen) atoms. The second-order valence-electron chi connectivity index (χ2n) is 11.1. The van der Waals surface area contributed by atoms with Gasteiger partial charge in [-0.15, -0.1) is 10.2 Å². The van der Waals surface area contributed by atoms with Gasteiger partial charge in [0.05, 0.1) is 27.6 Å². The predicted molar refractivity (Wildman–Crippen MR) is 137 cm³/mol. The number of rotatable bonds is 7. The molecule has 1 N–H and O–H groups in total. The van der Waals surface area contributed by atoms with Crippen LogP contribution in [-0.4, -0.2) is 30.9 Å². The first-order valence-corrected chi connectivity index (χ1v) is 13.0. The molecule has 0 spiro atoms. The summed E-state index contributed by atoms with van der Waals surface area (Å²) < 4.78 is 59.9. The zero-order valence-corrected chi connectivity index (χ0v) is 21.6. The number of alkyl halides is 3. The summed E-state index contributed by atoms with van der Waals surface area (Å²) in [5.41, 5.74) is -1.69. The van der Waals surface area contributed by atoms with Crippen LogP contribution in [0, 0.1) is 17.7 Å². The van der Waals surface area contributed by atoms with Crippen LogP contribution in [0.5, 0.6) is 0 Å². The van der Waals surface area contributed by atoms with Crippen LogP contribution in [0.2, 0.25) is 0 Å². The Balaban J connectivity index is 1.47. The second kappa shape index (κ2) is 9.25. The number of fused-ring (bicyclic) bond motifs is 1. The summed E-state index contributed by atoms with van der Waals surface area (Å²) in [6.45, 7) is 3.01. The molecule has 2 aromatic heterocycles. The topological polar surface area (TPSA) is 77.6 Å². The van der Waals surface area contributed by atoms with E-state index in [2.05, 4.69) is 27.4 Å². The van der Waals surface area contributed by atoms with Crippen molar-refractivity contribution in [3.8, 4) is 5.69 Å². The van der Waals surface area contributed by atoms with E-state index in [1.165, 1.54) is 12.1 Å². The van der Waals surface area contributed by atoms with E-state index >= 15 is 4.39 Å². The number of halogens is 4. The molecule has 0 aliphatic heterocycles. The first-order chi connectivity index (χ1) is 18.6. The lowest BCUT2D eigenvalue weighted by molar-refractivity contribution is -0.136. The molecule has 0 atom stereocenters. The van der Waals surface area contributed by atoms with E-state index < -0.39 is 34.0 Å². The minimum Gasteiger partial charge on any atom is -0.320 e. The fourth-order valence-corrected chi connectivity index (χ4v) is 5.92. The Kier molecular flexibility index (Phi) is 6.09. The third-order valence-electron chi connectivity index (χ3n) is 7.98. The van der Waals surface area contributed by atoms with Crippen LogP contribution in [0.25, 0.3) is 16.6 Å². The molecule has 0 amide bonds. The van der Waals surface area contributed by atoms with Crippen molar-refractivity contribution in [2.75, 3.05) is 6.54 Å². The highest BCUT2D eigenvalue weighted by Gasteiger charge is 2.48. The van der Waals surface area contributed by atoms with Gasteiger partial charge in [-0.1, -0.05) is 13.0 Å². The Morgan fingerprint density at radius 1 is 1.13 bits per heavy atom. The van der Waals surface area contributed by atoms with Gasteiger partial charge < -0.3 is 9.88 Å². The zero-order valence-electron chi connectivity index (χ0n) is 21.6. The molecule has 0 saturated heterocycles. The lowest BCUT2D eigenvalue weighted by Gasteiger charge is -2.46. The third kappa shape index (κ3) is 4.52. The highest BCUT2D eigenvalue weighted by atomic mass is 19.4. The molecule has 4 aromatic rings. The minimum absolute atomic E-state index is 0.0705. The molecule has 2 aromatic carbocycles. The number of aryl methyl sites for hydroxylation is 1. The number of nitrogens with one attached hydrogen (secondary N) is 1. The van der Waals surface area contributed by atoms with Crippen LogP contribution in [0.1, 0.15) is 55.1 Å². The van der Waals surface area contributed by atoms with Gasteiger partial charge in [0.2, 0.25) is 0 Å². The monoisotopic (exact) mass is 540 g/mol. The molecular formula is C28H28F4N6O. The van der Waals surface area contributed by atoms with Crippen molar-refractivity contribution in [1.82, 2.24) is 29.6 Å². The van der Waals surface area contributed by atoms with Crippen LogP contribution in [0.3, 0.4) is 0 Å². The van der Waals surface area contributed by atoms with Crippen LogP contribution in [0.4, 0.5) is 17.6 Å². The van der Waals surface area contributed by atoms with Crippen LogP contribution in [-0.2, 0) is 25.2 Å². The molecule has 11 heteroatoms. The number of hydrogen-bond donors (Lipinski definition) is 1. The lowest BCUT2D eigenvalue weighted by atomic mass is 9.58. The van der Waals surface area contributed by atoms with Gasteiger partial charge in [0.25, 0.3) is 5.56 Å². The maximum Gasteiger partial charge on any atom is 0.418 e. The van der Waals surface area contributed by atoms with Crippen molar-refractivity contribution in [1.29, 1.82) is 0 Å². The Labute approximate surface area is 221 Å². The Morgan fingerprint density at radius 3 is 2.54 bits per heavy atom. The number of benzene rings is 2.